The lowest BCUT2D eigenvalue weighted by atomic mass is 9.72. The molecule has 2 fully saturated rings. The summed E-state index contributed by atoms with van der Waals surface area (Å²) in [5, 5.41) is 11.1. The molecule has 1 aromatic rings. The van der Waals surface area contributed by atoms with Gasteiger partial charge in [-0.25, -0.2) is 0 Å². The molecule has 2 saturated heterocycles. The lowest BCUT2D eigenvalue weighted by Gasteiger charge is -2.51. The first kappa shape index (κ1) is 12.1. The minimum absolute atomic E-state index is 0.530. The van der Waals surface area contributed by atoms with Crippen LogP contribution < -0.4 is 0 Å². The summed E-state index contributed by atoms with van der Waals surface area (Å²) in [6.07, 6.45) is 9.11. The topological polar surface area (TPSA) is 36.4 Å². The van der Waals surface area contributed by atoms with Crippen molar-refractivity contribution in [2.75, 3.05) is 7.05 Å². The number of rotatable bonds is 1. The van der Waals surface area contributed by atoms with Gasteiger partial charge >= 0.3 is 0 Å². The summed E-state index contributed by atoms with van der Waals surface area (Å²) in [4.78, 5) is 6.68. The zero-order chi connectivity index (χ0) is 12.8. The molecule has 0 aromatic carbocycles. The predicted octanol–water partition coefficient (Wildman–Crippen LogP) is 2.22. The lowest BCUT2D eigenvalue weighted by Crippen LogP contribution is -2.55. The number of aliphatic hydroxyl groups is 1. The van der Waals surface area contributed by atoms with Crippen LogP contribution in [0.5, 0.6) is 0 Å². The van der Waals surface area contributed by atoms with Gasteiger partial charge in [0.15, 0.2) is 0 Å². The number of aromatic nitrogens is 1. The van der Waals surface area contributed by atoms with Gasteiger partial charge < -0.3 is 10.0 Å². The van der Waals surface area contributed by atoms with Crippen molar-refractivity contribution in [3.8, 4) is 0 Å². The molecule has 1 N–H and O–H groups in total. The highest BCUT2D eigenvalue weighted by molar-refractivity contribution is 5.29. The second-order valence-electron chi connectivity index (χ2n) is 6.03. The zero-order valence-corrected chi connectivity index (χ0v) is 11.3. The molecule has 3 rings (SSSR count). The van der Waals surface area contributed by atoms with Crippen molar-refractivity contribution in [3.05, 3.63) is 29.6 Å². The monoisotopic (exact) mass is 246 g/mol. The molecule has 0 amide bonds. The van der Waals surface area contributed by atoms with Crippen LogP contribution in [0.1, 0.15) is 43.2 Å². The number of hydrogen-bond donors (Lipinski definition) is 1. The van der Waals surface area contributed by atoms with Crippen LogP contribution >= 0.6 is 0 Å². The highest BCUT2D eigenvalue weighted by Gasteiger charge is 2.45. The van der Waals surface area contributed by atoms with Gasteiger partial charge in [-0.2, -0.15) is 0 Å². The molecule has 0 saturated carbocycles. The van der Waals surface area contributed by atoms with Gasteiger partial charge in [0.2, 0.25) is 0 Å². The first-order valence-corrected chi connectivity index (χ1v) is 6.95. The largest absolute Gasteiger partial charge is 0.385 e. The summed E-state index contributed by atoms with van der Waals surface area (Å²) in [6, 6.07) is 3.06. The van der Waals surface area contributed by atoms with Crippen LogP contribution in [0.2, 0.25) is 0 Å². The average Bonchev–Trinajstić information content (AvgIpc) is 2.32. The molecule has 2 aliphatic heterocycles. The van der Waals surface area contributed by atoms with Gasteiger partial charge in [0, 0.05) is 30.0 Å². The maximum absolute atomic E-state index is 11.1. The maximum atomic E-state index is 11.1. The Kier molecular flexibility index (Phi) is 2.91. The molecular weight excluding hydrogens is 224 g/mol. The number of nitrogens with zero attached hydrogens (tertiary/aromatic N) is 2. The zero-order valence-electron chi connectivity index (χ0n) is 11.3. The smallest absolute Gasteiger partial charge is 0.0943 e. The van der Waals surface area contributed by atoms with Crippen molar-refractivity contribution < 1.29 is 5.11 Å². The molecule has 18 heavy (non-hydrogen) atoms. The molecule has 98 valence electrons. The molecule has 3 heterocycles. The van der Waals surface area contributed by atoms with E-state index in [0.29, 0.717) is 12.1 Å². The Morgan fingerprint density at radius 1 is 1.33 bits per heavy atom. The van der Waals surface area contributed by atoms with E-state index in [1.165, 1.54) is 19.3 Å². The number of hydrogen-bond acceptors (Lipinski definition) is 3. The lowest BCUT2D eigenvalue weighted by molar-refractivity contribution is -0.0879. The Bertz CT molecular complexity index is 432. The molecule has 0 aliphatic carbocycles. The van der Waals surface area contributed by atoms with E-state index < -0.39 is 5.60 Å². The van der Waals surface area contributed by atoms with Crippen molar-refractivity contribution in [2.45, 2.75) is 56.7 Å². The van der Waals surface area contributed by atoms with Gasteiger partial charge in [-0.1, -0.05) is 6.42 Å². The third-order valence-electron chi connectivity index (χ3n) is 4.91. The molecule has 0 spiro atoms. The maximum Gasteiger partial charge on any atom is 0.0943 e. The highest BCUT2D eigenvalue weighted by atomic mass is 16.3. The molecule has 3 nitrogen and oxygen atoms in total. The standard InChI is InChI=1S/C15H22N2O/c1-11-6-7-16-10-14(11)15(18)8-12-4-3-5-13(9-15)17(12)2/h6-7,10,12-13,18H,3-5,8-9H2,1-2H3. The molecular formula is C15H22N2O. The van der Waals surface area contributed by atoms with E-state index in [9.17, 15) is 5.11 Å². The van der Waals surface area contributed by atoms with Gasteiger partial charge in [0.05, 0.1) is 5.60 Å². The average molecular weight is 246 g/mol. The number of pyridine rings is 1. The SMILES string of the molecule is Cc1ccncc1C1(O)CC2CCCC(C1)N2C. The van der Waals surface area contributed by atoms with Gasteiger partial charge in [-0.3, -0.25) is 4.98 Å². The Morgan fingerprint density at radius 2 is 2.00 bits per heavy atom. The van der Waals surface area contributed by atoms with Crippen LogP contribution in [0.25, 0.3) is 0 Å². The summed E-state index contributed by atoms with van der Waals surface area (Å²) >= 11 is 0. The van der Waals surface area contributed by atoms with Crippen molar-refractivity contribution >= 4 is 0 Å². The summed E-state index contributed by atoms with van der Waals surface area (Å²) in [7, 11) is 2.21. The Hall–Kier alpha value is -0.930. The van der Waals surface area contributed by atoms with Crippen molar-refractivity contribution in [3.63, 3.8) is 0 Å². The summed E-state index contributed by atoms with van der Waals surface area (Å²) in [6.45, 7) is 2.07. The second kappa shape index (κ2) is 4.32. The molecule has 0 radical (unpaired) electrons. The molecule has 2 unspecified atom stereocenters. The van der Waals surface area contributed by atoms with Crippen molar-refractivity contribution in [1.29, 1.82) is 0 Å². The summed E-state index contributed by atoms with van der Waals surface area (Å²) < 4.78 is 0. The van der Waals surface area contributed by atoms with Crippen molar-refractivity contribution in [2.24, 2.45) is 0 Å². The fourth-order valence-corrected chi connectivity index (χ4v) is 3.82. The fourth-order valence-electron chi connectivity index (χ4n) is 3.82. The Balaban J connectivity index is 1.94. The molecule has 3 heteroatoms. The summed E-state index contributed by atoms with van der Waals surface area (Å²) in [5.41, 5.74) is 1.53. The fraction of sp³-hybridized carbons (Fsp3) is 0.667. The predicted molar refractivity (Wildman–Crippen MR) is 71.3 cm³/mol. The third-order valence-corrected chi connectivity index (χ3v) is 4.91. The van der Waals surface area contributed by atoms with Gasteiger partial charge in [0.25, 0.3) is 0 Å². The quantitative estimate of drug-likeness (QED) is 0.825. The van der Waals surface area contributed by atoms with E-state index in [1.54, 1.807) is 6.20 Å². The van der Waals surface area contributed by atoms with E-state index in [4.69, 9.17) is 0 Å². The van der Waals surface area contributed by atoms with Gasteiger partial charge in [0.1, 0.15) is 0 Å². The van der Waals surface area contributed by atoms with Crippen LogP contribution in [-0.4, -0.2) is 34.1 Å². The minimum Gasteiger partial charge on any atom is -0.385 e. The molecule has 2 bridgehead atoms. The molecule has 1 aromatic heterocycles. The van der Waals surface area contributed by atoms with Crippen molar-refractivity contribution in [1.82, 2.24) is 9.88 Å². The van der Waals surface area contributed by atoms with E-state index in [2.05, 4.69) is 23.9 Å². The number of piperidine rings is 2. The van der Waals surface area contributed by atoms with E-state index in [1.807, 2.05) is 12.3 Å². The van der Waals surface area contributed by atoms with Gasteiger partial charge in [-0.15, -0.1) is 0 Å². The van der Waals surface area contributed by atoms with Gasteiger partial charge in [-0.05, 0) is 51.3 Å². The second-order valence-corrected chi connectivity index (χ2v) is 6.03. The van der Waals surface area contributed by atoms with Crippen LogP contribution in [0.3, 0.4) is 0 Å². The Morgan fingerprint density at radius 3 is 2.61 bits per heavy atom. The van der Waals surface area contributed by atoms with Crippen LogP contribution in [0.4, 0.5) is 0 Å². The third kappa shape index (κ3) is 1.86. The number of aryl methyl sites for hydroxylation is 1. The van der Waals surface area contributed by atoms with E-state index in [0.717, 1.165) is 24.0 Å². The summed E-state index contributed by atoms with van der Waals surface area (Å²) in [5.74, 6) is 0. The van der Waals surface area contributed by atoms with Crippen LogP contribution in [0, 0.1) is 6.92 Å². The van der Waals surface area contributed by atoms with E-state index >= 15 is 0 Å². The van der Waals surface area contributed by atoms with E-state index in [-0.39, 0.29) is 0 Å². The normalized spacial score (nSPS) is 36.6. The minimum atomic E-state index is -0.666. The van der Waals surface area contributed by atoms with Crippen LogP contribution in [-0.2, 0) is 5.60 Å². The first-order valence-electron chi connectivity index (χ1n) is 6.95. The first-order chi connectivity index (χ1) is 8.60. The highest BCUT2D eigenvalue weighted by Crippen LogP contribution is 2.44. The molecule has 2 atom stereocenters. The van der Waals surface area contributed by atoms with Crippen LogP contribution in [0.15, 0.2) is 18.5 Å². The number of fused-ring (bicyclic) bond motifs is 2. The Labute approximate surface area is 109 Å². The molecule has 2 aliphatic rings.